The van der Waals surface area contributed by atoms with Crippen molar-refractivity contribution in [1.29, 1.82) is 0 Å². The third kappa shape index (κ3) is 6.09. The second kappa shape index (κ2) is 11.3. The number of piperidine rings is 1. The summed E-state index contributed by atoms with van der Waals surface area (Å²) in [7, 11) is 2.11. The molecule has 3 heterocycles. The summed E-state index contributed by atoms with van der Waals surface area (Å²) in [5, 5.41) is 3.39. The highest BCUT2D eigenvalue weighted by Crippen LogP contribution is 2.30. The van der Waals surface area contributed by atoms with Crippen molar-refractivity contribution in [3.05, 3.63) is 17.2 Å². The first-order chi connectivity index (χ1) is 16.1. The minimum Gasteiger partial charge on any atom is -0.335 e. The minimum atomic E-state index is -0.747. The summed E-state index contributed by atoms with van der Waals surface area (Å²) >= 11 is 0. The Balaban J connectivity index is 1.68. The van der Waals surface area contributed by atoms with Crippen LogP contribution in [0.3, 0.4) is 0 Å². The normalized spacial score (nSPS) is 22.6. The lowest BCUT2D eigenvalue weighted by molar-refractivity contribution is -0.149. The number of carbonyl (C=O) groups excluding carboxylic acids is 2. The Labute approximate surface area is 206 Å². The van der Waals surface area contributed by atoms with Gasteiger partial charge in [0.15, 0.2) is 0 Å². The van der Waals surface area contributed by atoms with Crippen molar-refractivity contribution < 1.29 is 9.59 Å². The van der Waals surface area contributed by atoms with Crippen molar-refractivity contribution in [3.8, 4) is 0 Å². The predicted octanol–water partition coefficient (Wildman–Crippen LogP) is 3.12. The van der Waals surface area contributed by atoms with Crippen LogP contribution in [0.2, 0.25) is 0 Å². The van der Waals surface area contributed by atoms with E-state index in [-0.39, 0.29) is 11.9 Å². The van der Waals surface area contributed by atoms with E-state index in [1.165, 1.54) is 11.5 Å². The third-order valence-electron chi connectivity index (χ3n) is 7.90. The molecule has 1 aromatic rings. The van der Waals surface area contributed by atoms with E-state index in [1.807, 2.05) is 4.90 Å². The molecule has 1 N–H and O–H groups in total. The van der Waals surface area contributed by atoms with Gasteiger partial charge in [0.25, 0.3) is 0 Å². The number of imidazole rings is 1. The standard InChI is InChI=1S/C27H47N5O2/c1-19(2)14-24-26(34)32(13-10-28-24)27(18-33,16-20(3)4)17-31-11-8-23(9-12-31)15-25-29-21(5)22(6)30(25)7/h18-20,23-24,28H,8-17H2,1-7H3/t24-,27+/m0/s1. The number of carbonyl (C=O) groups is 2. The Morgan fingerprint density at radius 2 is 1.79 bits per heavy atom. The molecule has 2 aliphatic rings. The zero-order chi connectivity index (χ0) is 25.0. The van der Waals surface area contributed by atoms with Crippen molar-refractivity contribution in [1.82, 2.24) is 24.7 Å². The molecule has 0 saturated carbocycles. The number of hydrogen-bond donors (Lipinski definition) is 1. The number of rotatable bonds is 10. The van der Waals surface area contributed by atoms with Crippen LogP contribution < -0.4 is 5.32 Å². The van der Waals surface area contributed by atoms with Crippen LogP contribution in [0, 0.1) is 31.6 Å². The highest BCUT2D eigenvalue weighted by Gasteiger charge is 2.45. The van der Waals surface area contributed by atoms with Crippen LogP contribution in [0.15, 0.2) is 0 Å². The predicted molar refractivity (Wildman–Crippen MR) is 137 cm³/mol. The van der Waals surface area contributed by atoms with Crippen molar-refractivity contribution in [2.45, 2.75) is 85.2 Å². The Morgan fingerprint density at radius 1 is 1.12 bits per heavy atom. The number of aryl methyl sites for hydroxylation is 1. The highest BCUT2D eigenvalue weighted by molar-refractivity contribution is 5.87. The van der Waals surface area contributed by atoms with Crippen molar-refractivity contribution in [2.75, 3.05) is 32.7 Å². The van der Waals surface area contributed by atoms with Gasteiger partial charge in [-0.05, 0) is 70.4 Å². The van der Waals surface area contributed by atoms with Gasteiger partial charge in [-0.1, -0.05) is 27.7 Å². The molecule has 1 aromatic heterocycles. The van der Waals surface area contributed by atoms with E-state index in [2.05, 4.69) is 63.4 Å². The third-order valence-corrected chi connectivity index (χ3v) is 7.90. The van der Waals surface area contributed by atoms with Crippen LogP contribution in [0.25, 0.3) is 0 Å². The van der Waals surface area contributed by atoms with E-state index in [1.54, 1.807) is 0 Å². The molecule has 2 saturated heterocycles. The summed E-state index contributed by atoms with van der Waals surface area (Å²) in [5.41, 5.74) is 1.62. The molecule has 2 aliphatic heterocycles. The molecule has 1 amide bonds. The molecular weight excluding hydrogens is 426 g/mol. The van der Waals surface area contributed by atoms with Gasteiger partial charge in [0, 0.05) is 38.8 Å². The fourth-order valence-electron chi connectivity index (χ4n) is 5.91. The molecule has 2 fully saturated rings. The van der Waals surface area contributed by atoms with E-state index in [0.717, 1.165) is 57.3 Å². The lowest BCUT2D eigenvalue weighted by atomic mass is 9.84. The summed E-state index contributed by atoms with van der Waals surface area (Å²) in [5.74, 6) is 2.66. The Bertz CT molecular complexity index is 840. The molecule has 0 aromatic carbocycles. The van der Waals surface area contributed by atoms with E-state index >= 15 is 0 Å². The van der Waals surface area contributed by atoms with Crippen LogP contribution in [-0.2, 0) is 23.1 Å². The van der Waals surface area contributed by atoms with Gasteiger partial charge < -0.3 is 24.5 Å². The first kappa shape index (κ1) is 26.9. The average Bonchev–Trinajstić information content (AvgIpc) is 3.02. The maximum absolute atomic E-state index is 13.5. The molecule has 0 bridgehead atoms. The van der Waals surface area contributed by atoms with Crippen molar-refractivity contribution in [3.63, 3.8) is 0 Å². The SMILES string of the molecule is Cc1nc(CC2CCN(C[C@@](C=O)(CC(C)C)N3CCN[C@@H](CC(C)C)C3=O)CC2)n(C)c1C. The smallest absolute Gasteiger partial charge is 0.240 e. The zero-order valence-corrected chi connectivity index (χ0v) is 22.6. The molecule has 0 radical (unpaired) electrons. The molecule has 2 atom stereocenters. The van der Waals surface area contributed by atoms with E-state index in [9.17, 15) is 9.59 Å². The monoisotopic (exact) mass is 473 g/mol. The van der Waals surface area contributed by atoms with Crippen LogP contribution in [0.1, 0.15) is 70.6 Å². The zero-order valence-electron chi connectivity index (χ0n) is 22.6. The quantitative estimate of drug-likeness (QED) is 0.529. The number of aldehydes is 1. The number of nitrogens with one attached hydrogen (secondary N) is 1. The second-order valence-electron chi connectivity index (χ2n) is 11.6. The summed E-state index contributed by atoms with van der Waals surface area (Å²) in [6, 6.07) is -0.185. The minimum absolute atomic E-state index is 0.100. The molecule has 192 valence electrons. The van der Waals surface area contributed by atoms with Gasteiger partial charge in [-0.3, -0.25) is 4.79 Å². The van der Waals surface area contributed by atoms with E-state index in [0.29, 0.717) is 37.3 Å². The van der Waals surface area contributed by atoms with Gasteiger partial charge in [-0.25, -0.2) is 4.98 Å². The number of piperazine rings is 1. The lowest BCUT2D eigenvalue weighted by Gasteiger charge is -2.48. The fourth-order valence-corrected chi connectivity index (χ4v) is 5.91. The van der Waals surface area contributed by atoms with Gasteiger partial charge in [0.2, 0.25) is 5.91 Å². The molecule has 7 heteroatoms. The Hall–Kier alpha value is -1.73. The first-order valence-electron chi connectivity index (χ1n) is 13.3. The largest absolute Gasteiger partial charge is 0.335 e. The number of likely N-dealkylation sites (tertiary alicyclic amines) is 1. The second-order valence-corrected chi connectivity index (χ2v) is 11.6. The molecule has 0 unspecified atom stereocenters. The summed E-state index contributed by atoms with van der Waals surface area (Å²) in [6.07, 6.45) is 5.83. The average molecular weight is 474 g/mol. The Morgan fingerprint density at radius 3 is 2.32 bits per heavy atom. The number of aromatic nitrogens is 2. The van der Waals surface area contributed by atoms with Gasteiger partial charge in [-0.15, -0.1) is 0 Å². The van der Waals surface area contributed by atoms with E-state index < -0.39 is 5.54 Å². The van der Waals surface area contributed by atoms with Crippen molar-refractivity contribution in [2.24, 2.45) is 24.8 Å². The number of nitrogens with zero attached hydrogens (tertiary/aromatic N) is 4. The summed E-state index contributed by atoms with van der Waals surface area (Å²) in [4.78, 5) is 35.3. The van der Waals surface area contributed by atoms with Crippen LogP contribution in [0.5, 0.6) is 0 Å². The molecule has 0 spiro atoms. The van der Waals surface area contributed by atoms with Gasteiger partial charge in [-0.2, -0.15) is 0 Å². The van der Waals surface area contributed by atoms with Crippen LogP contribution in [-0.4, -0.2) is 75.8 Å². The molecule has 34 heavy (non-hydrogen) atoms. The maximum atomic E-state index is 13.5. The highest BCUT2D eigenvalue weighted by atomic mass is 16.2. The first-order valence-corrected chi connectivity index (χ1v) is 13.3. The lowest BCUT2D eigenvalue weighted by Crippen LogP contribution is -2.67. The van der Waals surface area contributed by atoms with Crippen molar-refractivity contribution >= 4 is 12.2 Å². The molecule has 7 nitrogen and oxygen atoms in total. The van der Waals surface area contributed by atoms with Gasteiger partial charge >= 0.3 is 0 Å². The Kier molecular flexibility index (Phi) is 8.96. The molecular formula is C27H47N5O2. The van der Waals surface area contributed by atoms with E-state index in [4.69, 9.17) is 4.98 Å². The number of hydrogen-bond acceptors (Lipinski definition) is 5. The van der Waals surface area contributed by atoms with Crippen LogP contribution >= 0.6 is 0 Å². The van der Waals surface area contributed by atoms with Crippen LogP contribution in [0.4, 0.5) is 0 Å². The fraction of sp³-hybridized carbons (Fsp3) is 0.815. The summed E-state index contributed by atoms with van der Waals surface area (Å²) < 4.78 is 2.23. The molecule has 0 aliphatic carbocycles. The molecule has 3 rings (SSSR count). The van der Waals surface area contributed by atoms with Gasteiger partial charge in [0.1, 0.15) is 17.6 Å². The topological polar surface area (TPSA) is 70.5 Å². The van der Waals surface area contributed by atoms with Gasteiger partial charge in [0.05, 0.1) is 11.7 Å². The summed E-state index contributed by atoms with van der Waals surface area (Å²) in [6.45, 7) is 16.7. The maximum Gasteiger partial charge on any atom is 0.240 e. The number of amides is 1.